The summed E-state index contributed by atoms with van der Waals surface area (Å²) in [5.74, 6) is 0.0848. The molecule has 2 aromatic rings. The van der Waals surface area contributed by atoms with Crippen LogP contribution in [0.5, 0.6) is 0 Å². The normalized spacial score (nSPS) is 21.5. The third-order valence-corrected chi connectivity index (χ3v) is 3.96. The summed E-state index contributed by atoms with van der Waals surface area (Å²) in [6.07, 6.45) is 0. The van der Waals surface area contributed by atoms with Crippen molar-refractivity contribution in [2.45, 2.75) is 18.5 Å². The summed E-state index contributed by atoms with van der Waals surface area (Å²) in [5.41, 5.74) is 3.03. The van der Waals surface area contributed by atoms with Gasteiger partial charge in [0.05, 0.1) is 0 Å². The van der Waals surface area contributed by atoms with Gasteiger partial charge in [0.2, 0.25) is 5.95 Å². The fourth-order valence-corrected chi connectivity index (χ4v) is 2.81. The van der Waals surface area contributed by atoms with Crippen molar-refractivity contribution in [1.82, 2.24) is 15.0 Å². The maximum Gasteiger partial charge on any atom is 0.252 e. The van der Waals surface area contributed by atoms with Crippen LogP contribution in [0.1, 0.15) is 17.3 Å². The number of anilines is 1. The van der Waals surface area contributed by atoms with Crippen LogP contribution in [0.4, 0.5) is 5.95 Å². The summed E-state index contributed by atoms with van der Waals surface area (Å²) in [4.78, 5) is 30.2. The lowest BCUT2D eigenvalue weighted by Crippen LogP contribution is -2.59. The molecule has 0 amide bonds. The molecule has 0 spiro atoms. The van der Waals surface area contributed by atoms with Gasteiger partial charge >= 0.3 is 0 Å². The van der Waals surface area contributed by atoms with Crippen molar-refractivity contribution in [3.63, 3.8) is 0 Å². The fraction of sp³-hybridized carbons (Fsp3) is 0.214. The average molecular weight is 339 g/mol. The molecule has 1 saturated heterocycles. The molecule has 0 saturated carbocycles. The Morgan fingerprint density at radius 3 is 2.77 bits per heavy atom. The topological polar surface area (TPSA) is 78.1 Å². The Morgan fingerprint density at radius 1 is 1.32 bits per heavy atom. The number of hydrogen-bond acceptors (Lipinski definition) is 5. The largest absolute Gasteiger partial charge is 0.294 e. The molecule has 0 aliphatic carbocycles. The molecule has 1 fully saturated rings. The number of benzene rings is 1. The number of carbonyl (C=O) groups is 1. The minimum atomic E-state index is -0.838. The number of nitrogens with zero attached hydrogens (tertiary/aromatic N) is 2. The summed E-state index contributed by atoms with van der Waals surface area (Å²) in [5, 5.41) is 2.05. The van der Waals surface area contributed by atoms with Crippen molar-refractivity contribution in [3.8, 4) is 0 Å². The molecule has 8 heteroatoms. The van der Waals surface area contributed by atoms with Crippen molar-refractivity contribution in [3.05, 3.63) is 57.0 Å². The van der Waals surface area contributed by atoms with Gasteiger partial charge in [0.1, 0.15) is 6.04 Å². The minimum Gasteiger partial charge on any atom is -0.294 e. The molecule has 6 nitrogen and oxygen atoms in total. The highest BCUT2D eigenvalue weighted by Gasteiger charge is 2.48. The first-order chi connectivity index (χ1) is 10.5. The SMILES string of the molecule is Cc1cc(=O)[nH]c(NN2[C@@H](c3cccc(Cl)c3)C(=O)[C@@H]2Cl)n1. The summed E-state index contributed by atoms with van der Waals surface area (Å²) >= 11 is 12.0. The molecule has 2 heterocycles. The number of hydrazine groups is 1. The van der Waals surface area contributed by atoms with Crippen molar-refractivity contribution >= 4 is 34.9 Å². The van der Waals surface area contributed by atoms with Gasteiger partial charge in [0, 0.05) is 16.8 Å². The zero-order valence-corrected chi connectivity index (χ0v) is 13.0. The summed E-state index contributed by atoms with van der Waals surface area (Å²) < 4.78 is 0. The van der Waals surface area contributed by atoms with E-state index in [1.807, 2.05) is 0 Å². The molecule has 1 aliphatic heterocycles. The second-order valence-corrected chi connectivity index (χ2v) is 5.80. The fourth-order valence-electron chi connectivity index (χ4n) is 2.33. The van der Waals surface area contributed by atoms with E-state index in [1.165, 1.54) is 11.1 Å². The molecule has 3 rings (SSSR count). The number of hydrogen-bond donors (Lipinski definition) is 2. The van der Waals surface area contributed by atoms with E-state index in [4.69, 9.17) is 23.2 Å². The highest BCUT2D eigenvalue weighted by Crippen LogP contribution is 2.37. The predicted octanol–water partition coefficient (Wildman–Crippen LogP) is 2.25. The molecular weight excluding hydrogens is 327 g/mol. The summed E-state index contributed by atoms with van der Waals surface area (Å²) in [6.45, 7) is 1.70. The molecule has 0 bridgehead atoms. The van der Waals surface area contributed by atoms with Crippen molar-refractivity contribution < 1.29 is 4.79 Å². The molecule has 1 aliphatic rings. The molecule has 0 radical (unpaired) electrons. The van der Waals surface area contributed by atoms with Crippen LogP contribution in [0, 0.1) is 6.92 Å². The molecular formula is C14H12Cl2N4O2. The van der Waals surface area contributed by atoms with Gasteiger partial charge < -0.3 is 0 Å². The smallest absolute Gasteiger partial charge is 0.252 e. The maximum atomic E-state index is 12.1. The number of halogens is 2. The van der Waals surface area contributed by atoms with Gasteiger partial charge in [-0.05, 0) is 24.6 Å². The first-order valence-corrected chi connectivity index (χ1v) is 7.33. The van der Waals surface area contributed by atoms with Gasteiger partial charge in [-0.2, -0.15) is 5.01 Å². The van der Waals surface area contributed by atoms with Gasteiger partial charge in [-0.15, -0.1) is 0 Å². The Balaban J connectivity index is 1.88. The monoisotopic (exact) mass is 338 g/mol. The summed E-state index contributed by atoms with van der Waals surface area (Å²) in [6, 6.07) is 7.78. The number of nitrogens with one attached hydrogen (secondary N) is 2. The molecule has 1 aromatic heterocycles. The van der Waals surface area contributed by atoms with E-state index in [9.17, 15) is 9.59 Å². The number of H-pyrrole nitrogens is 1. The lowest BCUT2D eigenvalue weighted by Gasteiger charge is -2.43. The van der Waals surface area contributed by atoms with Crippen LogP contribution in [0.25, 0.3) is 0 Å². The molecule has 2 N–H and O–H groups in total. The minimum absolute atomic E-state index is 0.147. The van der Waals surface area contributed by atoms with Crippen LogP contribution < -0.4 is 11.0 Å². The Hall–Kier alpha value is -1.89. The zero-order chi connectivity index (χ0) is 15.9. The van der Waals surface area contributed by atoms with Crippen LogP contribution in [-0.4, -0.2) is 26.3 Å². The van der Waals surface area contributed by atoms with E-state index in [-0.39, 0.29) is 17.3 Å². The van der Waals surface area contributed by atoms with E-state index in [1.54, 1.807) is 31.2 Å². The number of aryl methyl sites for hydroxylation is 1. The van der Waals surface area contributed by atoms with Crippen LogP contribution in [0.2, 0.25) is 5.02 Å². The highest BCUT2D eigenvalue weighted by molar-refractivity contribution is 6.34. The molecule has 114 valence electrons. The van der Waals surface area contributed by atoms with Crippen molar-refractivity contribution in [1.29, 1.82) is 0 Å². The zero-order valence-electron chi connectivity index (χ0n) is 11.5. The number of aromatic nitrogens is 2. The Labute approximate surface area is 136 Å². The Bertz CT molecular complexity index is 792. The molecule has 0 unspecified atom stereocenters. The number of rotatable bonds is 3. The number of Topliss-reactive ketones (excluding diaryl/α,β-unsaturated/α-hetero) is 1. The quantitative estimate of drug-likeness (QED) is 0.662. The van der Waals surface area contributed by atoms with Crippen LogP contribution >= 0.6 is 23.2 Å². The van der Waals surface area contributed by atoms with Crippen LogP contribution in [0.3, 0.4) is 0 Å². The van der Waals surface area contributed by atoms with Crippen molar-refractivity contribution in [2.24, 2.45) is 0 Å². The standard InChI is InChI=1S/C14H12Cl2N4O2/c1-7-5-10(21)18-14(17-7)19-20-11(12(22)13(20)16)8-3-2-4-9(15)6-8/h2-6,11,13H,1H3,(H2,17,18,19,21)/t11-,13+/m0/s1. The second kappa shape index (κ2) is 5.72. The van der Waals surface area contributed by atoms with Crippen LogP contribution in [-0.2, 0) is 4.79 Å². The number of carbonyl (C=O) groups excluding carboxylic acids is 1. The lowest BCUT2D eigenvalue weighted by atomic mass is 9.95. The highest BCUT2D eigenvalue weighted by atomic mass is 35.5. The average Bonchev–Trinajstić information content (AvgIpc) is 2.45. The van der Waals surface area contributed by atoms with E-state index in [0.717, 1.165) is 5.56 Å². The van der Waals surface area contributed by atoms with Crippen molar-refractivity contribution in [2.75, 3.05) is 5.43 Å². The maximum absolute atomic E-state index is 12.1. The number of ketones is 1. The van der Waals surface area contributed by atoms with Gasteiger partial charge in [-0.25, -0.2) is 4.98 Å². The molecule has 1 aromatic carbocycles. The Morgan fingerprint density at radius 2 is 2.09 bits per heavy atom. The van der Waals surface area contributed by atoms with E-state index in [0.29, 0.717) is 10.7 Å². The van der Waals surface area contributed by atoms with E-state index in [2.05, 4.69) is 15.4 Å². The lowest BCUT2D eigenvalue weighted by molar-refractivity contribution is -0.137. The van der Waals surface area contributed by atoms with E-state index >= 15 is 0 Å². The van der Waals surface area contributed by atoms with Gasteiger partial charge in [0.15, 0.2) is 11.3 Å². The molecule has 22 heavy (non-hydrogen) atoms. The number of aromatic amines is 1. The third-order valence-electron chi connectivity index (χ3n) is 3.30. The first-order valence-electron chi connectivity index (χ1n) is 6.52. The van der Waals surface area contributed by atoms with E-state index < -0.39 is 11.5 Å². The molecule has 2 atom stereocenters. The first kappa shape index (κ1) is 15.0. The van der Waals surface area contributed by atoms with Crippen LogP contribution in [0.15, 0.2) is 35.1 Å². The van der Waals surface area contributed by atoms with Gasteiger partial charge in [0.25, 0.3) is 5.56 Å². The predicted molar refractivity (Wildman–Crippen MR) is 83.9 cm³/mol. The summed E-state index contributed by atoms with van der Waals surface area (Å²) in [7, 11) is 0. The van der Waals surface area contributed by atoms with Gasteiger partial charge in [-0.1, -0.05) is 35.3 Å². The van der Waals surface area contributed by atoms with Gasteiger partial charge in [-0.3, -0.25) is 20.0 Å². The Kier molecular flexibility index (Phi) is 3.90. The number of alkyl halides is 1. The third kappa shape index (κ3) is 2.72. The second-order valence-electron chi connectivity index (χ2n) is 4.95.